The van der Waals surface area contributed by atoms with Crippen molar-refractivity contribution in [3.8, 4) is 11.5 Å². The van der Waals surface area contributed by atoms with Gasteiger partial charge >= 0.3 is 0 Å². The number of carbonyl (C=O) groups excluding carboxylic acids is 1. The molecule has 0 aliphatic carbocycles. The van der Waals surface area contributed by atoms with Gasteiger partial charge in [0.15, 0.2) is 5.78 Å². The highest BCUT2D eigenvalue weighted by Crippen LogP contribution is 2.23. The Labute approximate surface area is 144 Å². The predicted molar refractivity (Wildman–Crippen MR) is 93.0 cm³/mol. The summed E-state index contributed by atoms with van der Waals surface area (Å²) < 4.78 is 5.57. The van der Waals surface area contributed by atoms with Crippen molar-refractivity contribution in [1.82, 2.24) is 15.2 Å². The quantitative estimate of drug-likeness (QED) is 0.477. The molecular formula is C18H17N3O2S. The van der Waals surface area contributed by atoms with Gasteiger partial charge in [-0.15, -0.1) is 10.2 Å². The van der Waals surface area contributed by atoms with Crippen LogP contribution in [0.1, 0.15) is 29.3 Å². The average molecular weight is 339 g/mol. The molecule has 1 aromatic carbocycles. The van der Waals surface area contributed by atoms with E-state index in [2.05, 4.69) is 22.1 Å². The molecule has 0 bridgehead atoms. The summed E-state index contributed by atoms with van der Waals surface area (Å²) in [5, 5.41) is 8.35. The molecule has 0 amide bonds. The van der Waals surface area contributed by atoms with Gasteiger partial charge in [-0.2, -0.15) is 0 Å². The fourth-order valence-corrected chi connectivity index (χ4v) is 2.89. The van der Waals surface area contributed by atoms with Crippen LogP contribution in [0.25, 0.3) is 11.5 Å². The number of Topliss-reactive ketones (excluding diaryl/α,β-unsaturated/α-hetero) is 1. The Morgan fingerprint density at radius 3 is 2.54 bits per heavy atom. The maximum absolute atomic E-state index is 12.2. The third kappa shape index (κ3) is 4.08. The first-order valence-electron chi connectivity index (χ1n) is 7.75. The summed E-state index contributed by atoms with van der Waals surface area (Å²) in [6.45, 7) is 2.14. The van der Waals surface area contributed by atoms with Gasteiger partial charge in [0, 0.05) is 23.5 Å². The van der Waals surface area contributed by atoms with Gasteiger partial charge in [0.2, 0.25) is 5.89 Å². The number of thioether (sulfide) groups is 1. The lowest BCUT2D eigenvalue weighted by Gasteiger charge is -2.02. The lowest BCUT2D eigenvalue weighted by Crippen LogP contribution is -2.02. The third-order valence-corrected chi connectivity index (χ3v) is 4.29. The van der Waals surface area contributed by atoms with Crippen molar-refractivity contribution < 1.29 is 9.21 Å². The molecule has 5 nitrogen and oxygen atoms in total. The first kappa shape index (κ1) is 16.4. The molecule has 2 aromatic heterocycles. The molecular weight excluding hydrogens is 322 g/mol. The Bertz CT molecular complexity index is 801. The number of ketones is 1. The van der Waals surface area contributed by atoms with E-state index in [4.69, 9.17) is 4.42 Å². The number of benzene rings is 1. The van der Waals surface area contributed by atoms with E-state index in [0.29, 0.717) is 16.7 Å². The largest absolute Gasteiger partial charge is 0.411 e. The fraction of sp³-hybridized carbons (Fsp3) is 0.222. The number of hydrogen-bond acceptors (Lipinski definition) is 6. The molecule has 0 atom stereocenters. The van der Waals surface area contributed by atoms with Crippen molar-refractivity contribution in [3.63, 3.8) is 0 Å². The van der Waals surface area contributed by atoms with Crippen LogP contribution < -0.4 is 0 Å². The number of aromatic nitrogens is 3. The monoisotopic (exact) mass is 339 g/mol. The second-order valence-corrected chi connectivity index (χ2v) is 6.19. The molecule has 0 N–H and O–H groups in total. The molecule has 3 rings (SSSR count). The Morgan fingerprint density at radius 1 is 1.08 bits per heavy atom. The van der Waals surface area contributed by atoms with E-state index in [1.807, 2.05) is 24.3 Å². The summed E-state index contributed by atoms with van der Waals surface area (Å²) in [6, 6.07) is 11.4. The normalized spacial score (nSPS) is 10.7. The second-order valence-electron chi connectivity index (χ2n) is 5.27. The van der Waals surface area contributed by atoms with Crippen LogP contribution in [0.3, 0.4) is 0 Å². The maximum atomic E-state index is 12.2. The van der Waals surface area contributed by atoms with Gasteiger partial charge in [-0.05, 0) is 24.1 Å². The van der Waals surface area contributed by atoms with E-state index in [1.165, 1.54) is 17.3 Å². The number of rotatable bonds is 7. The van der Waals surface area contributed by atoms with E-state index >= 15 is 0 Å². The van der Waals surface area contributed by atoms with Gasteiger partial charge in [-0.1, -0.05) is 49.4 Å². The molecule has 2 heterocycles. The molecule has 0 fully saturated rings. The van der Waals surface area contributed by atoms with E-state index in [-0.39, 0.29) is 11.5 Å². The smallest absolute Gasteiger partial charge is 0.277 e. The van der Waals surface area contributed by atoms with Crippen molar-refractivity contribution in [2.45, 2.75) is 25.0 Å². The Hall–Kier alpha value is -2.47. The van der Waals surface area contributed by atoms with E-state index < -0.39 is 0 Å². The average Bonchev–Trinajstić information content (AvgIpc) is 3.10. The third-order valence-electron chi connectivity index (χ3n) is 3.48. The van der Waals surface area contributed by atoms with Gasteiger partial charge in [0.05, 0.1) is 5.75 Å². The standard InChI is InChI=1S/C18H17N3O2S/c1-2-3-13-4-6-14(7-5-13)16(22)12-24-18-21-20-17(23-18)15-8-10-19-11-9-15/h4-11H,2-3,12H2,1H3. The topological polar surface area (TPSA) is 68.9 Å². The van der Waals surface area contributed by atoms with Crippen LogP contribution in [0.5, 0.6) is 0 Å². The Morgan fingerprint density at radius 2 is 1.83 bits per heavy atom. The zero-order valence-corrected chi connectivity index (χ0v) is 14.1. The molecule has 3 aromatic rings. The number of hydrogen-bond donors (Lipinski definition) is 0. The molecule has 0 spiro atoms. The van der Waals surface area contributed by atoms with Crippen LogP contribution in [0.4, 0.5) is 0 Å². The molecule has 122 valence electrons. The van der Waals surface area contributed by atoms with Crippen molar-refractivity contribution in [3.05, 3.63) is 59.9 Å². The summed E-state index contributed by atoms with van der Waals surface area (Å²) in [6.07, 6.45) is 5.46. The Balaban J connectivity index is 1.59. The van der Waals surface area contributed by atoms with Crippen molar-refractivity contribution >= 4 is 17.5 Å². The number of aryl methyl sites for hydroxylation is 1. The number of pyridine rings is 1. The van der Waals surface area contributed by atoms with Crippen molar-refractivity contribution in [2.24, 2.45) is 0 Å². The minimum atomic E-state index is 0.0479. The maximum Gasteiger partial charge on any atom is 0.277 e. The molecule has 0 unspecified atom stereocenters. The molecule has 24 heavy (non-hydrogen) atoms. The van der Waals surface area contributed by atoms with Crippen molar-refractivity contribution in [2.75, 3.05) is 5.75 Å². The minimum Gasteiger partial charge on any atom is -0.411 e. The van der Waals surface area contributed by atoms with Crippen LogP contribution in [0.2, 0.25) is 0 Å². The molecule has 0 radical (unpaired) electrons. The van der Waals surface area contributed by atoms with Gasteiger partial charge in [-0.3, -0.25) is 9.78 Å². The molecule has 0 saturated carbocycles. The van der Waals surface area contributed by atoms with Crippen LogP contribution >= 0.6 is 11.8 Å². The minimum absolute atomic E-state index is 0.0479. The van der Waals surface area contributed by atoms with Gasteiger partial charge in [-0.25, -0.2) is 0 Å². The zero-order chi connectivity index (χ0) is 16.8. The SMILES string of the molecule is CCCc1ccc(C(=O)CSc2nnc(-c3ccncc3)o2)cc1. The summed E-state index contributed by atoms with van der Waals surface area (Å²) in [4.78, 5) is 16.2. The van der Waals surface area contributed by atoms with Gasteiger partial charge in [0.25, 0.3) is 5.22 Å². The molecule has 0 aliphatic rings. The van der Waals surface area contributed by atoms with Crippen molar-refractivity contribution in [1.29, 1.82) is 0 Å². The fourth-order valence-electron chi connectivity index (χ4n) is 2.24. The number of carbonyl (C=O) groups is 1. The number of nitrogens with zero attached hydrogens (tertiary/aromatic N) is 3. The van der Waals surface area contributed by atoms with E-state index in [9.17, 15) is 4.79 Å². The van der Waals surface area contributed by atoms with Crippen LogP contribution in [-0.2, 0) is 6.42 Å². The van der Waals surface area contributed by atoms with E-state index in [1.54, 1.807) is 24.5 Å². The first-order chi connectivity index (χ1) is 11.8. The zero-order valence-electron chi connectivity index (χ0n) is 13.3. The van der Waals surface area contributed by atoms with Gasteiger partial charge in [0.1, 0.15) is 0 Å². The van der Waals surface area contributed by atoms with Crippen LogP contribution in [-0.4, -0.2) is 26.7 Å². The summed E-state index contributed by atoms with van der Waals surface area (Å²) in [7, 11) is 0. The highest BCUT2D eigenvalue weighted by Gasteiger charge is 2.12. The Kier molecular flexibility index (Phi) is 5.38. The lowest BCUT2D eigenvalue weighted by atomic mass is 10.1. The molecule has 6 heteroatoms. The highest BCUT2D eigenvalue weighted by molar-refractivity contribution is 7.99. The highest BCUT2D eigenvalue weighted by atomic mass is 32.2. The first-order valence-corrected chi connectivity index (χ1v) is 8.73. The summed E-state index contributed by atoms with van der Waals surface area (Å²) in [5.41, 5.74) is 2.76. The van der Waals surface area contributed by atoms with E-state index in [0.717, 1.165) is 18.4 Å². The lowest BCUT2D eigenvalue weighted by molar-refractivity contribution is 0.102. The summed E-state index contributed by atoms with van der Waals surface area (Å²) >= 11 is 1.25. The summed E-state index contributed by atoms with van der Waals surface area (Å²) in [5.74, 6) is 0.744. The molecule has 0 aliphatic heterocycles. The van der Waals surface area contributed by atoms with Crippen LogP contribution in [0, 0.1) is 0 Å². The predicted octanol–water partition coefficient (Wildman–Crippen LogP) is 4.06. The second kappa shape index (κ2) is 7.88. The van der Waals surface area contributed by atoms with Gasteiger partial charge < -0.3 is 4.42 Å². The van der Waals surface area contributed by atoms with Crippen LogP contribution in [0.15, 0.2) is 58.4 Å². The molecule has 0 saturated heterocycles.